The molecule has 0 radical (unpaired) electrons. The van der Waals surface area contributed by atoms with E-state index in [0.29, 0.717) is 28.4 Å². The number of anilines is 1. The number of rotatable bonds is 4. The van der Waals surface area contributed by atoms with Gasteiger partial charge >= 0.3 is 0 Å². The van der Waals surface area contributed by atoms with E-state index in [2.05, 4.69) is 20.1 Å². The second-order valence-electron chi connectivity index (χ2n) is 4.88. The maximum atomic E-state index is 5.70. The molecule has 0 saturated heterocycles. The quantitative estimate of drug-likeness (QED) is 0.584. The van der Waals surface area contributed by atoms with Gasteiger partial charge in [-0.15, -0.1) is 0 Å². The Bertz CT molecular complexity index is 765. The standard InChI is InChI=1S/C15H15N5OS/c1-9-3-5-11(6-4-9)14-19-13(21-20-14)8-22-15-17-10(2)7-12(16)18-15/h3-7H,8H2,1-2H3,(H2,16,17,18). The van der Waals surface area contributed by atoms with E-state index in [1.54, 1.807) is 6.07 Å². The van der Waals surface area contributed by atoms with Gasteiger partial charge in [0, 0.05) is 17.3 Å². The zero-order valence-electron chi connectivity index (χ0n) is 12.3. The number of nitrogens with two attached hydrogens (primary N) is 1. The molecule has 1 aromatic carbocycles. The summed E-state index contributed by atoms with van der Waals surface area (Å²) < 4.78 is 5.26. The highest BCUT2D eigenvalue weighted by Crippen LogP contribution is 2.22. The smallest absolute Gasteiger partial charge is 0.237 e. The Labute approximate surface area is 132 Å². The summed E-state index contributed by atoms with van der Waals surface area (Å²) in [5, 5.41) is 4.60. The molecule has 2 N–H and O–H groups in total. The molecular weight excluding hydrogens is 298 g/mol. The molecule has 0 fully saturated rings. The van der Waals surface area contributed by atoms with Crippen LogP contribution in [-0.4, -0.2) is 20.1 Å². The fourth-order valence-corrected chi connectivity index (χ4v) is 2.64. The summed E-state index contributed by atoms with van der Waals surface area (Å²) in [5.41, 5.74) is 8.66. The molecule has 3 aromatic rings. The number of hydrogen-bond acceptors (Lipinski definition) is 7. The van der Waals surface area contributed by atoms with Crippen molar-refractivity contribution in [1.29, 1.82) is 0 Å². The van der Waals surface area contributed by atoms with Crippen molar-refractivity contribution in [1.82, 2.24) is 20.1 Å². The van der Waals surface area contributed by atoms with Crippen LogP contribution in [0.25, 0.3) is 11.4 Å². The molecule has 0 saturated carbocycles. The molecule has 0 aliphatic rings. The minimum Gasteiger partial charge on any atom is -0.384 e. The van der Waals surface area contributed by atoms with Crippen LogP contribution >= 0.6 is 11.8 Å². The number of nitrogens with zero attached hydrogens (tertiary/aromatic N) is 4. The minimum absolute atomic E-state index is 0.459. The molecule has 3 rings (SSSR count). The molecule has 0 amide bonds. The summed E-state index contributed by atoms with van der Waals surface area (Å²) in [6.07, 6.45) is 0. The van der Waals surface area contributed by atoms with Crippen molar-refractivity contribution in [2.24, 2.45) is 0 Å². The lowest BCUT2D eigenvalue weighted by atomic mass is 10.1. The van der Waals surface area contributed by atoms with Crippen molar-refractivity contribution in [2.75, 3.05) is 5.73 Å². The summed E-state index contributed by atoms with van der Waals surface area (Å²) in [7, 11) is 0. The average Bonchev–Trinajstić information content (AvgIpc) is 2.94. The third kappa shape index (κ3) is 3.43. The van der Waals surface area contributed by atoms with Crippen LogP contribution in [0.5, 0.6) is 0 Å². The van der Waals surface area contributed by atoms with Crippen LogP contribution in [0.15, 0.2) is 40.0 Å². The van der Waals surface area contributed by atoms with Gasteiger partial charge in [0.2, 0.25) is 11.7 Å². The first-order valence-electron chi connectivity index (χ1n) is 6.74. The molecule has 2 aromatic heterocycles. The highest BCUT2D eigenvalue weighted by molar-refractivity contribution is 7.98. The fourth-order valence-electron chi connectivity index (χ4n) is 1.89. The number of aryl methyl sites for hydroxylation is 2. The molecular formula is C15H15N5OS. The van der Waals surface area contributed by atoms with Gasteiger partial charge in [-0.3, -0.25) is 0 Å². The maximum absolute atomic E-state index is 5.70. The van der Waals surface area contributed by atoms with Crippen LogP contribution in [0.4, 0.5) is 5.82 Å². The maximum Gasteiger partial charge on any atom is 0.237 e. The van der Waals surface area contributed by atoms with Crippen LogP contribution in [0.1, 0.15) is 17.1 Å². The zero-order chi connectivity index (χ0) is 15.5. The highest BCUT2D eigenvalue weighted by atomic mass is 32.2. The largest absolute Gasteiger partial charge is 0.384 e. The first-order chi connectivity index (χ1) is 10.6. The molecule has 6 nitrogen and oxygen atoms in total. The van der Waals surface area contributed by atoms with Crippen LogP contribution in [0, 0.1) is 13.8 Å². The number of hydrogen-bond donors (Lipinski definition) is 1. The molecule has 22 heavy (non-hydrogen) atoms. The Balaban J connectivity index is 1.70. The number of nitrogen functional groups attached to an aromatic ring is 1. The van der Waals surface area contributed by atoms with Gasteiger partial charge in [-0.05, 0) is 13.8 Å². The Morgan fingerprint density at radius 3 is 2.59 bits per heavy atom. The molecule has 0 bridgehead atoms. The summed E-state index contributed by atoms with van der Waals surface area (Å²) in [6, 6.07) is 9.71. The van der Waals surface area contributed by atoms with Gasteiger partial charge in [-0.25, -0.2) is 9.97 Å². The Morgan fingerprint density at radius 1 is 1.09 bits per heavy atom. The van der Waals surface area contributed by atoms with Crippen LogP contribution in [0.2, 0.25) is 0 Å². The molecule has 0 aliphatic carbocycles. The van der Waals surface area contributed by atoms with Crippen LogP contribution in [0.3, 0.4) is 0 Å². The van der Waals surface area contributed by atoms with Crippen molar-refractivity contribution >= 4 is 17.6 Å². The third-order valence-electron chi connectivity index (χ3n) is 2.96. The molecule has 0 atom stereocenters. The second kappa shape index (κ2) is 6.15. The SMILES string of the molecule is Cc1ccc(-c2noc(CSc3nc(C)cc(N)n3)n2)cc1. The summed E-state index contributed by atoms with van der Waals surface area (Å²) in [6.45, 7) is 3.92. The normalized spacial score (nSPS) is 10.8. The Kier molecular flexibility index (Phi) is 4.06. The van der Waals surface area contributed by atoms with E-state index in [-0.39, 0.29) is 0 Å². The number of benzene rings is 1. The molecule has 7 heteroatoms. The summed E-state index contributed by atoms with van der Waals surface area (Å²) in [4.78, 5) is 12.9. The number of thioether (sulfide) groups is 1. The van der Waals surface area contributed by atoms with E-state index in [9.17, 15) is 0 Å². The lowest BCUT2D eigenvalue weighted by molar-refractivity contribution is 0.391. The third-order valence-corrected chi connectivity index (χ3v) is 3.79. The molecule has 0 unspecified atom stereocenters. The van der Waals surface area contributed by atoms with Gasteiger partial charge in [-0.2, -0.15) is 4.98 Å². The van der Waals surface area contributed by atoms with Crippen molar-refractivity contribution in [3.63, 3.8) is 0 Å². The monoisotopic (exact) mass is 313 g/mol. The second-order valence-corrected chi connectivity index (χ2v) is 5.83. The molecule has 0 aliphatic heterocycles. The van der Waals surface area contributed by atoms with E-state index in [1.807, 2.05) is 38.1 Å². The van der Waals surface area contributed by atoms with E-state index in [1.165, 1.54) is 17.3 Å². The van der Waals surface area contributed by atoms with E-state index in [4.69, 9.17) is 10.3 Å². The average molecular weight is 313 g/mol. The fraction of sp³-hybridized carbons (Fsp3) is 0.200. The Morgan fingerprint density at radius 2 is 1.86 bits per heavy atom. The van der Waals surface area contributed by atoms with Crippen LogP contribution in [-0.2, 0) is 5.75 Å². The predicted molar refractivity (Wildman–Crippen MR) is 85.2 cm³/mol. The van der Waals surface area contributed by atoms with Gasteiger partial charge in [0.15, 0.2) is 5.16 Å². The zero-order valence-corrected chi connectivity index (χ0v) is 13.1. The molecule has 112 valence electrons. The van der Waals surface area contributed by atoms with Crippen molar-refractivity contribution < 1.29 is 4.52 Å². The first kappa shape index (κ1) is 14.5. The van der Waals surface area contributed by atoms with Gasteiger partial charge in [0.25, 0.3) is 0 Å². The van der Waals surface area contributed by atoms with E-state index in [0.717, 1.165) is 11.3 Å². The first-order valence-corrected chi connectivity index (χ1v) is 7.72. The summed E-state index contributed by atoms with van der Waals surface area (Å²) in [5.74, 6) is 2.08. The summed E-state index contributed by atoms with van der Waals surface area (Å²) >= 11 is 1.41. The lowest BCUT2D eigenvalue weighted by Crippen LogP contribution is -1.96. The number of aromatic nitrogens is 4. The van der Waals surface area contributed by atoms with Gasteiger partial charge in [-0.1, -0.05) is 46.7 Å². The van der Waals surface area contributed by atoms with E-state index < -0.39 is 0 Å². The van der Waals surface area contributed by atoms with Crippen molar-refractivity contribution in [3.8, 4) is 11.4 Å². The lowest BCUT2D eigenvalue weighted by Gasteiger charge is -2.00. The topological polar surface area (TPSA) is 90.7 Å². The van der Waals surface area contributed by atoms with Gasteiger partial charge < -0.3 is 10.3 Å². The predicted octanol–water partition coefficient (Wildman–Crippen LogP) is 3.02. The Hall–Kier alpha value is -2.41. The van der Waals surface area contributed by atoms with Gasteiger partial charge in [0.05, 0.1) is 5.75 Å². The highest BCUT2D eigenvalue weighted by Gasteiger charge is 2.10. The van der Waals surface area contributed by atoms with E-state index >= 15 is 0 Å². The van der Waals surface area contributed by atoms with Crippen molar-refractivity contribution in [3.05, 3.63) is 47.5 Å². The van der Waals surface area contributed by atoms with Crippen LogP contribution < -0.4 is 5.73 Å². The molecule has 2 heterocycles. The van der Waals surface area contributed by atoms with Gasteiger partial charge in [0.1, 0.15) is 5.82 Å². The minimum atomic E-state index is 0.459. The molecule has 0 spiro atoms. The van der Waals surface area contributed by atoms with Crippen molar-refractivity contribution in [2.45, 2.75) is 24.8 Å².